The SMILES string of the molecule is CN(C1CN(c2ccc3nc(N)nn3c2)C1)[SH](=O)=O. The highest BCUT2D eigenvalue weighted by Gasteiger charge is 2.31. The first-order chi connectivity index (χ1) is 9.04. The van der Waals surface area contributed by atoms with E-state index in [1.807, 2.05) is 18.3 Å². The summed E-state index contributed by atoms with van der Waals surface area (Å²) < 4.78 is 24.7. The van der Waals surface area contributed by atoms with Gasteiger partial charge in [-0.1, -0.05) is 0 Å². The van der Waals surface area contributed by atoms with Crippen LogP contribution in [0.25, 0.3) is 5.65 Å². The van der Waals surface area contributed by atoms with Crippen LogP contribution in [0.1, 0.15) is 0 Å². The molecule has 19 heavy (non-hydrogen) atoms. The van der Waals surface area contributed by atoms with Crippen molar-refractivity contribution in [3.05, 3.63) is 18.3 Å². The number of nitrogen functional groups attached to an aromatic ring is 1. The van der Waals surface area contributed by atoms with E-state index in [0.717, 1.165) is 5.69 Å². The summed E-state index contributed by atoms with van der Waals surface area (Å²) in [5.41, 5.74) is 7.20. The highest BCUT2D eigenvalue weighted by Crippen LogP contribution is 2.23. The maximum Gasteiger partial charge on any atom is 0.240 e. The number of nitrogens with two attached hydrogens (primary N) is 1. The first kappa shape index (κ1) is 12.2. The minimum Gasteiger partial charge on any atom is -0.367 e. The molecule has 3 rings (SSSR count). The number of fused-ring (bicyclic) bond motifs is 1. The molecule has 1 fully saturated rings. The fraction of sp³-hybridized carbons (Fsp3) is 0.400. The third kappa shape index (κ3) is 2.10. The summed E-state index contributed by atoms with van der Waals surface area (Å²) in [6.45, 7) is 1.35. The topological polar surface area (TPSA) is 96.8 Å². The second kappa shape index (κ2) is 4.35. The quantitative estimate of drug-likeness (QED) is 0.698. The summed E-state index contributed by atoms with van der Waals surface area (Å²) in [5.74, 6) is 0.238. The molecule has 1 saturated heterocycles. The van der Waals surface area contributed by atoms with E-state index in [2.05, 4.69) is 15.0 Å². The molecule has 1 aliphatic rings. The van der Waals surface area contributed by atoms with Crippen LogP contribution >= 0.6 is 0 Å². The lowest BCUT2D eigenvalue weighted by atomic mass is 10.1. The van der Waals surface area contributed by atoms with Crippen LogP contribution < -0.4 is 10.6 Å². The molecule has 9 heteroatoms. The number of rotatable bonds is 3. The first-order valence-corrected chi connectivity index (χ1v) is 6.91. The maximum absolute atomic E-state index is 10.9. The highest BCUT2D eigenvalue weighted by molar-refractivity contribution is 7.69. The van der Waals surface area contributed by atoms with Gasteiger partial charge >= 0.3 is 0 Å². The molecule has 102 valence electrons. The molecule has 2 N–H and O–H groups in total. The van der Waals surface area contributed by atoms with Crippen LogP contribution in [0.2, 0.25) is 0 Å². The summed E-state index contributed by atoms with van der Waals surface area (Å²) in [4.78, 5) is 6.13. The van der Waals surface area contributed by atoms with Crippen LogP contribution in [0.15, 0.2) is 18.3 Å². The normalized spacial score (nSPS) is 16.5. The van der Waals surface area contributed by atoms with Crippen molar-refractivity contribution in [2.45, 2.75) is 6.04 Å². The summed E-state index contributed by atoms with van der Waals surface area (Å²) in [6.07, 6.45) is 1.84. The molecule has 3 heterocycles. The average Bonchev–Trinajstić information content (AvgIpc) is 2.66. The van der Waals surface area contributed by atoms with Crippen molar-refractivity contribution < 1.29 is 8.42 Å². The van der Waals surface area contributed by atoms with Crippen molar-refractivity contribution in [2.24, 2.45) is 0 Å². The van der Waals surface area contributed by atoms with Crippen LogP contribution in [-0.2, 0) is 10.9 Å². The van der Waals surface area contributed by atoms with E-state index in [-0.39, 0.29) is 12.0 Å². The summed E-state index contributed by atoms with van der Waals surface area (Å²) >= 11 is 0. The fourth-order valence-corrected chi connectivity index (χ4v) is 2.53. The van der Waals surface area contributed by atoms with Crippen LogP contribution in [0.4, 0.5) is 11.6 Å². The number of nitrogens with zero attached hydrogens (tertiary/aromatic N) is 5. The van der Waals surface area contributed by atoms with Gasteiger partial charge in [-0.05, 0) is 12.1 Å². The van der Waals surface area contributed by atoms with Crippen LogP contribution in [0.3, 0.4) is 0 Å². The number of hydrogen-bond acceptors (Lipinski definition) is 6. The Balaban J connectivity index is 1.76. The third-order valence-electron chi connectivity index (χ3n) is 3.35. The average molecular weight is 282 g/mol. The molecule has 8 nitrogen and oxygen atoms in total. The molecule has 0 amide bonds. The minimum absolute atomic E-state index is 0.0395. The molecule has 0 unspecified atom stereocenters. The van der Waals surface area contributed by atoms with Gasteiger partial charge in [0.1, 0.15) is 0 Å². The smallest absolute Gasteiger partial charge is 0.240 e. The van der Waals surface area contributed by atoms with E-state index in [1.165, 1.54) is 4.31 Å². The Labute approximate surface area is 111 Å². The van der Waals surface area contributed by atoms with Gasteiger partial charge in [-0.25, -0.2) is 17.2 Å². The molecule has 0 bridgehead atoms. The molecular weight excluding hydrogens is 268 g/mol. The number of hydrogen-bond donors (Lipinski definition) is 2. The molecule has 0 spiro atoms. The first-order valence-electron chi connectivity index (χ1n) is 5.78. The van der Waals surface area contributed by atoms with Gasteiger partial charge in [-0.2, -0.15) is 4.98 Å². The minimum atomic E-state index is -2.51. The number of anilines is 2. The predicted octanol–water partition coefficient (Wildman–Crippen LogP) is -1.04. The fourth-order valence-electron chi connectivity index (χ4n) is 2.11. The number of aromatic nitrogens is 3. The Bertz CT molecular complexity index is 682. The largest absolute Gasteiger partial charge is 0.367 e. The zero-order valence-corrected chi connectivity index (χ0v) is 11.2. The Kier molecular flexibility index (Phi) is 2.79. The number of likely N-dealkylation sites (N-methyl/N-ethyl adjacent to an activating group) is 1. The van der Waals surface area contributed by atoms with Crippen molar-refractivity contribution in [2.75, 3.05) is 30.8 Å². The highest BCUT2D eigenvalue weighted by atomic mass is 32.2. The standard InChI is InChI=1S/C10H14N6O2S/c1-14(19(17)18)8-4-15(5-8)7-2-3-9-12-10(11)13-16(9)6-7/h2-3,6,8,19H,4-5H2,1H3,(H2,11,13). The zero-order valence-electron chi connectivity index (χ0n) is 10.3. The molecule has 0 saturated carbocycles. The zero-order chi connectivity index (χ0) is 13.6. The molecule has 2 aromatic heterocycles. The Morgan fingerprint density at radius 1 is 1.42 bits per heavy atom. The Hall–Kier alpha value is -1.87. The molecule has 0 aromatic carbocycles. The molecule has 0 atom stereocenters. The van der Waals surface area contributed by atoms with Gasteiger partial charge in [-0.3, -0.25) is 0 Å². The van der Waals surface area contributed by atoms with E-state index in [1.54, 1.807) is 11.6 Å². The van der Waals surface area contributed by atoms with Gasteiger partial charge in [0.15, 0.2) is 5.65 Å². The van der Waals surface area contributed by atoms with Crippen molar-refractivity contribution in [1.29, 1.82) is 0 Å². The lowest BCUT2D eigenvalue weighted by Gasteiger charge is -2.43. The lowest BCUT2D eigenvalue weighted by Crippen LogP contribution is -2.58. The summed E-state index contributed by atoms with van der Waals surface area (Å²) in [5, 5.41) is 4.05. The van der Waals surface area contributed by atoms with E-state index in [9.17, 15) is 8.42 Å². The van der Waals surface area contributed by atoms with Gasteiger partial charge in [-0.15, -0.1) is 5.10 Å². The summed E-state index contributed by atoms with van der Waals surface area (Å²) in [7, 11) is -0.914. The number of pyridine rings is 1. The van der Waals surface area contributed by atoms with Crippen molar-refractivity contribution in [3.63, 3.8) is 0 Å². The Morgan fingerprint density at radius 3 is 2.84 bits per heavy atom. The van der Waals surface area contributed by atoms with Crippen molar-refractivity contribution >= 4 is 28.2 Å². The van der Waals surface area contributed by atoms with Gasteiger partial charge < -0.3 is 10.6 Å². The van der Waals surface area contributed by atoms with Crippen molar-refractivity contribution in [1.82, 2.24) is 18.9 Å². The monoisotopic (exact) mass is 282 g/mol. The van der Waals surface area contributed by atoms with E-state index in [0.29, 0.717) is 18.7 Å². The lowest BCUT2D eigenvalue weighted by molar-refractivity contribution is 0.318. The Morgan fingerprint density at radius 2 is 2.16 bits per heavy atom. The van der Waals surface area contributed by atoms with Gasteiger partial charge in [0.25, 0.3) is 0 Å². The van der Waals surface area contributed by atoms with Gasteiger partial charge in [0.2, 0.25) is 16.8 Å². The predicted molar refractivity (Wildman–Crippen MR) is 71.5 cm³/mol. The van der Waals surface area contributed by atoms with Gasteiger partial charge in [0.05, 0.1) is 17.9 Å². The van der Waals surface area contributed by atoms with E-state index < -0.39 is 10.9 Å². The molecule has 0 radical (unpaired) electrons. The number of thiol groups is 1. The van der Waals surface area contributed by atoms with Crippen molar-refractivity contribution in [3.8, 4) is 0 Å². The van der Waals surface area contributed by atoms with Crippen LogP contribution in [0.5, 0.6) is 0 Å². The molecular formula is C10H14N6O2S. The maximum atomic E-state index is 10.9. The second-order valence-corrected chi connectivity index (χ2v) is 5.64. The third-order valence-corrected chi connectivity index (χ3v) is 4.19. The second-order valence-electron chi connectivity index (χ2n) is 4.53. The summed E-state index contributed by atoms with van der Waals surface area (Å²) in [6, 6.07) is 3.80. The molecule has 2 aromatic rings. The van der Waals surface area contributed by atoms with Gasteiger partial charge in [0, 0.05) is 20.1 Å². The van der Waals surface area contributed by atoms with E-state index in [4.69, 9.17) is 5.73 Å². The van der Waals surface area contributed by atoms with Crippen LogP contribution in [0, 0.1) is 0 Å². The molecule has 1 aliphatic heterocycles. The molecule has 0 aliphatic carbocycles. The van der Waals surface area contributed by atoms with Crippen LogP contribution in [-0.4, -0.2) is 53.5 Å². The van der Waals surface area contributed by atoms with E-state index >= 15 is 0 Å².